The van der Waals surface area contributed by atoms with Crippen molar-refractivity contribution in [1.82, 2.24) is 5.32 Å². The van der Waals surface area contributed by atoms with E-state index in [1.165, 1.54) is 0 Å². The van der Waals surface area contributed by atoms with E-state index in [9.17, 15) is 0 Å². The molecule has 1 N–H and O–H groups in total. The lowest BCUT2D eigenvalue weighted by Crippen LogP contribution is -2.31. The van der Waals surface area contributed by atoms with Crippen LogP contribution in [0.5, 0.6) is 11.5 Å². The Kier molecular flexibility index (Phi) is 6.58. The molecule has 0 aliphatic heterocycles. The van der Waals surface area contributed by atoms with Crippen molar-refractivity contribution < 1.29 is 9.47 Å². The summed E-state index contributed by atoms with van der Waals surface area (Å²) in [6, 6.07) is 8.22. The number of nitrogens with one attached hydrogen (secondary N) is 1. The van der Waals surface area contributed by atoms with E-state index < -0.39 is 0 Å². The van der Waals surface area contributed by atoms with Gasteiger partial charge in [-0.2, -0.15) is 0 Å². The van der Waals surface area contributed by atoms with Gasteiger partial charge in [-0.05, 0) is 45.4 Å². The van der Waals surface area contributed by atoms with Crippen LogP contribution < -0.4 is 14.8 Å². The number of hydrogen-bond acceptors (Lipinski definition) is 3. The molecule has 102 valence electrons. The molecule has 0 saturated heterocycles. The average Bonchev–Trinajstić information content (AvgIpc) is 2.36. The first-order valence-corrected chi connectivity index (χ1v) is 6.69. The zero-order chi connectivity index (χ0) is 13.4. The highest BCUT2D eigenvalue weighted by molar-refractivity contribution is 5.32. The van der Waals surface area contributed by atoms with E-state index in [0.717, 1.165) is 30.9 Å². The number of rotatable bonds is 8. The van der Waals surface area contributed by atoms with Gasteiger partial charge in [0.1, 0.15) is 11.5 Å². The summed E-state index contributed by atoms with van der Waals surface area (Å²) in [5, 5.41) is 3.47. The lowest BCUT2D eigenvalue weighted by atomic mass is 10.1. The van der Waals surface area contributed by atoms with Crippen LogP contribution in [0, 0.1) is 0 Å². The quantitative estimate of drug-likeness (QED) is 0.769. The van der Waals surface area contributed by atoms with Crippen molar-refractivity contribution in [2.24, 2.45) is 0 Å². The predicted molar refractivity (Wildman–Crippen MR) is 75.5 cm³/mol. The maximum Gasteiger partial charge on any atom is 0.123 e. The van der Waals surface area contributed by atoms with Crippen molar-refractivity contribution >= 4 is 0 Å². The van der Waals surface area contributed by atoms with Crippen molar-refractivity contribution in [2.45, 2.75) is 45.8 Å². The van der Waals surface area contributed by atoms with Crippen molar-refractivity contribution in [1.29, 1.82) is 0 Å². The Labute approximate surface area is 110 Å². The second kappa shape index (κ2) is 7.98. The Morgan fingerprint density at radius 2 is 1.94 bits per heavy atom. The molecule has 18 heavy (non-hydrogen) atoms. The molecule has 0 bridgehead atoms. The summed E-state index contributed by atoms with van der Waals surface area (Å²) in [5.41, 5.74) is 0. The highest BCUT2D eigenvalue weighted by Crippen LogP contribution is 2.20. The second-order valence-electron chi connectivity index (χ2n) is 4.70. The van der Waals surface area contributed by atoms with Crippen LogP contribution in [-0.2, 0) is 0 Å². The summed E-state index contributed by atoms with van der Waals surface area (Å²) in [5.74, 6) is 1.70. The van der Waals surface area contributed by atoms with Crippen LogP contribution in [0.4, 0.5) is 0 Å². The molecule has 3 nitrogen and oxygen atoms in total. The molecule has 0 aromatic heterocycles. The van der Waals surface area contributed by atoms with Crippen molar-refractivity contribution in [2.75, 3.05) is 13.7 Å². The molecule has 0 amide bonds. The topological polar surface area (TPSA) is 30.5 Å². The molecule has 0 radical (unpaired) electrons. The minimum Gasteiger partial charge on any atom is -0.497 e. The van der Waals surface area contributed by atoms with Gasteiger partial charge in [-0.1, -0.05) is 13.0 Å². The highest BCUT2D eigenvalue weighted by atomic mass is 16.5. The molecule has 0 spiro atoms. The highest BCUT2D eigenvalue weighted by Gasteiger charge is 2.09. The largest absolute Gasteiger partial charge is 0.497 e. The van der Waals surface area contributed by atoms with Crippen molar-refractivity contribution in [3.05, 3.63) is 24.3 Å². The van der Waals surface area contributed by atoms with Crippen LogP contribution in [0.1, 0.15) is 33.6 Å². The van der Waals surface area contributed by atoms with Gasteiger partial charge >= 0.3 is 0 Å². The van der Waals surface area contributed by atoms with E-state index in [2.05, 4.69) is 26.1 Å². The van der Waals surface area contributed by atoms with Gasteiger partial charge in [0, 0.05) is 12.1 Å². The van der Waals surface area contributed by atoms with Gasteiger partial charge in [0.15, 0.2) is 0 Å². The number of benzene rings is 1. The fourth-order valence-electron chi connectivity index (χ4n) is 1.93. The zero-order valence-electron chi connectivity index (χ0n) is 11.9. The number of methoxy groups -OCH3 is 1. The normalized spacial score (nSPS) is 14.0. The molecule has 0 heterocycles. The van der Waals surface area contributed by atoms with Crippen molar-refractivity contribution in [3.63, 3.8) is 0 Å². The molecule has 0 saturated carbocycles. The van der Waals surface area contributed by atoms with Crippen LogP contribution in [0.2, 0.25) is 0 Å². The van der Waals surface area contributed by atoms with Crippen molar-refractivity contribution in [3.8, 4) is 11.5 Å². The van der Waals surface area contributed by atoms with Crippen LogP contribution in [0.3, 0.4) is 0 Å². The maximum absolute atomic E-state index is 5.89. The third-order valence-electron chi connectivity index (χ3n) is 2.81. The molecule has 2 atom stereocenters. The molecule has 3 heteroatoms. The lowest BCUT2D eigenvalue weighted by Gasteiger charge is -2.20. The lowest BCUT2D eigenvalue weighted by molar-refractivity contribution is 0.195. The van der Waals surface area contributed by atoms with Gasteiger partial charge in [-0.3, -0.25) is 0 Å². The van der Waals surface area contributed by atoms with E-state index in [-0.39, 0.29) is 6.10 Å². The Bertz CT molecular complexity index is 341. The predicted octanol–water partition coefficient (Wildman–Crippen LogP) is 3.24. The first-order valence-electron chi connectivity index (χ1n) is 6.69. The van der Waals surface area contributed by atoms with E-state index in [1.54, 1.807) is 7.11 Å². The summed E-state index contributed by atoms with van der Waals surface area (Å²) >= 11 is 0. The van der Waals surface area contributed by atoms with Crippen LogP contribution in [-0.4, -0.2) is 25.8 Å². The van der Waals surface area contributed by atoms with Gasteiger partial charge in [0.2, 0.25) is 0 Å². The molecule has 0 fully saturated rings. The molecule has 0 aliphatic rings. The van der Waals surface area contributed by atoms with Gasteiger partial charge in [0.05, 0.1) is 13.2 Å². The Hall–Kier alpha value is -1.22. The summed E-state index contributed by atoms with van der Waals surface area (Å²) < 4.78 is 11.1. The standard InChI is InChI=1S/C15H25NO2/c1-5-9-16-12(2)10-13(3)18-15-8-6-7-14(11-15)17-4/h6-8,11-13,16H,5,9-10H2,1-4H3. The first-order chi connectivity index (χ1) is 8.65. The smallest absolute Gasteiger partial charge is 0.123 e. The van der Waals surface area contributed by atoms with Crippen LogP contribution in [0.15, 0.2) is 24.3 Å². The average molecular weight is 251 g/mol. The van der Waals surface area contributed by atoms with Crippen LogP contribution >= 0.6 is 0 Å². The second-order valence-corrected chi connectivity index (χ2v) is 4.70. The third-order valence-corrected chi connectivity index (χ3v) is 2.81. The fourth-order valence-corrected chi connectivity index (χ4v) is 1.93. The monoisotopic (exact) mass is 251 g/mol. The first kappa shape index (κ1) is 14.8. The van der Waals surface area contributed by atoms with E-state index >= 15 is 0 Å². The van der Waals surface area contributed by atoms with Crippen LogP contribution in [0.25, 0.3) is 0 Å². The van der Waals surface area contributed by atoms with Gasteiger partial charge in [-0.25, -0.2) is 0 Å². The summed E-state index contributed by atoms with van der Waals surface area (Å²) in [4.78, 5) is 0. The molecule has 1 aromatic rings. The third kappa shape index (κ3) is 5.41. The molecule has 2 unspecified atom stereocenters. The van der Waals surface area contributed by atoms with Gasteiger partial charge in [-0.15, -0.1) is 0 Å². The fraction of sp³-hybridized carbons (Fsp3) is 0.600. The molecule has 1 aromatic carbocycles. The molecule has 1 rings (SSSR count). The minimum absolute atomic E-state index is 0.191. The Morgan fingerprint density at radius 1 is 1.22 bits per heavy atom. The summed E-state index contributed by atoms with van der Waals surface area (Å²) in [7, 11) is 1.67. The van der Waals surface area contributed by atoms with E-state index in [0.29, 0.717) is 6.04 Å². The van der Waals surface area contributed by atoms with Gasteiger partial charge < -0.3 is 14.8 Å². The maximum atomic E-state index is 5.89. The Morgan fingerprint density at radius 3 is 2.61 bits per heavy atom. The minimum atomic E-state index is 0.191. The number of ether oxygens (including phenoxy) is 2. The SMILES string of the molecule is CCCNC(C)CC(C)Oc1cccc(OC)c1. The number of hydrogen-bond donors (Lipinski definition) is 1. The Balaban J connectivity index is 2.40. The summed E-state index contributed by atoms with van der Waals surface area (Å²) in [6.45, 7) is 7.54. The molecular formula is C15H25NO2. The summed E-state index contributed by atoms with van der Waals surface area (Å²) in [6.07, 6.45) is 2.35. The molecule has 0 aliphatic carbocycles. The zero-order valence-corrected chi connectivity index (χ0v) is 11.9. The van der Waals surface area contributed by atoms with E-state index in [1.807, 2.05) is 24.3 Å². The van der Waals surface area contributed by atoms with Gasteiger partial charge in [0.25, 0.3) is 0 Å². The van der Waals surface area contributed by atoms with E-state index in [4.69, 9.17) is 9.47 Å². The molecular weight excluding hydrogens is 226 g/mol.